The number of anilines is 1. The quantitative estimate of drug-likeness (QED) is 0.522. The molecule has 0 aliphatic carbocycles. The fraction of sp³-hybridized carbons (Fsp3) is 0.357. The topological polar surface area (TPSA) is 61.4 Å². The van der Waals surface area contributed by atoms with Crippen molar-refractivity contribution in [3.05, 3.63) is 29.8 Å². The van der Waals surface area contributed by atoms with Crippen LogP contribution in [0.4, 0.5) is 5.69 Å². The fourth-order valence-electron chi connectivity index (χ4n) is 1.36. The molecule has 4 nitrogen and oxygen atoms in total. The maximum atomic E-state index is 11.7. The molecule has 0 aliphatic rings. The van der Waals surface area contributed by atoms with E-state index in [1.807, 2.05) is 12.1 Å². The predicted octanol–water partition coefficient (Wildman–Crippen LogP) is 1.23. The molecule has 0 saturated carbocycles. The standard InChI is InChI=1S/C14H18N2O2/c1-2-3-9-15-13-7-5-12(6-8-13)14(18)16-10-4-11-17/h5-8,15,17H,4,9-11H2,1H3,(H,16,18). The van der Waals surface area contributed by atoms with Crippen LogP contribution in [0, 0.1) is 11.8 Å². The lowest BCUT2D eigenvalue weighted by molar-refractivity contribution is 0.0951. The van der Waals surface area contributed by atoms with E-state index in [2.05, 4.69) is 22.5 Å². The molecule has 0 fully saturated rings. The summed E-state index contributed by atoms with van der Waals surface area (Å²) in [7, 11) is 0. The zero-order chi connectivity index (χ0) is 13.2. The van der Waals surface area contributed by atoms with Crippen molar-refractivity contribution in [3.8, 4) is 11.8 Å². The molecule has 0 aromatic heterocycles. The minimum absolute atomic E-state index is 0.0849. The van der Waals surface area contributed by atoms with Gasteiger partial charge in [-0.15, -0.1) is 5.92 Å². The molecule has 0 unspecified atom stereocenters. The van der Waals surface area contributed by atoms with E-state index in [1.54, 1.807) is 19.1 Å². The van der Waals surface area contributed by atoms with E-state index in [0.29, 0.717) is 25.1 Å². The molecule has 96 valence electrons. The summed E-state index contributed by atoms with van der Waals surface area (Å²) in [4.78, 5) is 11.7. The number of aliphatic hydroxyl groups is 1. The zero-order valence-electron chi connectivity index (χ0n) is 10.5. The number of rotatable bonds is 6. The van der Waals surface area contributed by atoms with Gasteiger partial charge in [-0.1, -0.05) is 5.92 Å². The van der Waals surface area contributed by atoms with Crippen molar-refractivity contribution in [2.24, 2.45) is 0 Å². The first-order valence-electron chi connectivity index (χ1n) is 5.90. The van der Waals surface area contributed by atoms with Gasteiger partial charge in [0.2, 0.25) is 0 Å². The lowest BCUT2D eigenvalue weighted by atomic mass is 10.2. The summed E-state index contributed by atoms with van der Waals surface area (Å²) in [5.74, 6) is 5.58. The monoisotopic (exact) mass is 246 g/mol. The Balaban J connectivity index is 2.47. The first-order valence-corrected chi connectivity index (χ1v) is 5.90. The average Bonchev–Trinajstić information content (AvgIpc) is 2.40. The van der Waals surface area contributed by atoms with Crippen LogP contribution in [0.1, 0.15) is 23.7 Å². The summed E-state index contributed by atoms with van der Waals surface area (Å²) in [6, 6.07) is 7.21. The molecule has 0 heterocycles. The first-order chi connectivity index (χ1) is 8.77. The third-order valence-electron chi connectivity index (χ3n) is 2.33. The van der Waals surface area contributed by atoms with Crippen LogP contribution in [0.15, 0.2) is 24.3 Å². The summed E-state index contributed by atoms with van der Waals surface area (Å²) in [6.45, 7) is 2.96. The number of amides is 1. The minimum atomic E-state index is -0.122. The smallest absolute Gasteiger partial charge is 0.251 e. The number of nitrogens with one attached hydrogen (secondary N) is 2. The largest absolute Gasteiger partial charge is 0.396 e. The van der Waals surface area contributed by atoms with Crippen molar-refractivity contribution in [1.29, 1.82) is 0 Å². The molecule has 1 amide bonds. The van der Waals surface area contributed by atoms with Crippen molar-refractivity contribution >= 4 is 11.6 Å². The summed E-state index contributed by atoms with van der Waals surface area (Å²) >= 11 is 0. The molecule has 1 aromatic carbocycles. The van der Waals surface area contributed by atoms with Crippen LogP contribution in [-0.2, 0) is 0 Å². The molecule has 1 aromatic rings. The SMILES string of the molecule is CC#CCNc1ccc(C(=O)NCCCO)cc1. The van der Waals surface area contributed by atoms with Gasteiger partial charge in [0.25, 0.3) is 5.91 Å². The summed E-state index contributed by atoms with van der Waals surface area (Å²) in [6.07, 6.45) is 0.571. The van der Waals surface area contributed by atoms with Crippen LogP contribution in [0.25, 0.3) is 0 Å². The average molecular weight is 246 g/mol. The lowest BCUT2D eigenvalue weighted by Gasteiger charge is -2.06. The molecular weight excluding hydrogens is 228 g/mol. The first kappa shape index (κ1) is 14.1. The molecule has 0 saturated heterocycles. The number of carbonyl (C=O) groups is 1. The van der Waals surface area contributed by atoms with Crippen LogP contribution in [-0.4, -0.2) is 30.7 Å². The molecule has 0 radical (unpaired) electrons. The van der Waals surface area contributed by atoms with Gasteiger partial charge in [0.15, 0.2) is 0 Å². The normalized spacial score (nSPS) is 9.22. The number of carbonyl (C=O) groups excluding carboxylic acids is 1. The molecule has 18 heavy (non-hydrogen) atoms. The second kappa shape index (κ2) is 8.15. The Kier molecular flexibility index (Phi) is 6.37. The van der Waals surface area contributed by atoms with Crippen LogP contribution in [0.3, 0.4) is 0 Å². The summed E-state index contributed by atoms with van der Waals surface area (Å²) < 4.78 is 0. The van der Waals surface area contributed by atoms with Crippen molar-refractivity contribution in [3.63, 3.8) is 0 Å². The molecule has 3 N–H and O–H groups in total. The maximum absolute atomic E-state index is 11.7. The predicted molar refractivity (Wildman–Crippen MR) is 72.4 cm³/mol. The zero-order valence-corrected chi connectivity index (χ0v) is 10.5. The second-order valence-corrected chi connectivity index (χ2v) is 3.69. The number of aliphatic hydroxyl groups excluding tert-OH is 1. The molecule has 0 bridgehead atoms. The van der Waals surface area contributed by atoms with Gasteiger partial charge in [0.05, 0.1) is 6.54 Å². The highest BCUT2D eigenvalue weighted by molar-refractivity contribution is 5.94. The van der Waals surface area contributed by atoms with Gasteiger partial charge < -0.3 is 15.7 Å². The second-order valence-electron chi connectivity index (χ2n) is 3.69. The van der Waals surface area contributed by atoms with Crippen LogP contribution >= 0.6 is 0 Å². The van der Waals surface area contributed by atoms with Crippen molar-refractivity contribution in [2.45, 2.75) is 13.3 Å². The van der Waals surface area contributed by atoms with Crippen molar-refractivity contribution < 1.29 is 9.90 Å². The van der Waals surface area contributed by atoms with Gasteiger partial charge in [-0.3, -0.25) is 4.79 Å². The van der Waals surface area contributed by atoms with Gasteiger partial charge in [-0.05, 0) is 37.6 Å². The molecular formula is C14H18N2O2. The Hall–Kier alpha value is -1.99. The Labute approximate surface area is 107 Å². The van der Waals surface area contributed by atoms with E-state index in [1.165, 1.54) is 0 Å². The molecule has 0 spiro atoms. The van der Waals surface area contributed by atoms with Gasteiger partial charge >= 0.3 is 0 Å². The third-order valence-corrected chi connectivity index (χ3v) is 2.33. The molecule has 0 aliphatic heterocycles. The highest BCUT2D eigenvalue weighted by Gasteiger charge is 2.03. The maximum Gasteiger partial charge on any atom is 0.251 e. The van der Waals surface area contributed by atoms with E-state index < -0.39 is 0 Å². The number of hydrogen-bond donors (Lipinski definition) is 3. The fourth-order valence-corrected chi connectivity index (χ4v) is 1.36. The van der Waals surface area contributed by atoms with Gasteiger partial charge in [-0.25, -0.2) is 0 Å². The number of hydrogen-bond acceptors (Lipinski definition) is 3. The van der Waals surface area contributed by atoms with E-state index in [4.69, 9.17) is 5.11 Å². The van der Waals surface area contributed by atoms with Crippen LogP contribution in [0.5, 0.6) is 0 Å². The van der Waals surface area contributed by atoms with E-state index in [0.717, 1.165) is 5.69 Å². The van der Waals surface area contributed by atoms with Crippen molar-refractivity contribution in [2.75, 3.05) is 25.0 Å². The highest BCUT2D eigenvalue weighted by atomic mass is 16.3. The van der Waals surface area contributed by atoms with E-state index in [9.17, 15) is 4.79 Å². The Bertz CT molecular complexity index is 429. The molecule has 1 rings (SSSR count). The van der Waals surface area contributed by atoms with Crippen LogP contribution in [0.2, 0.25) is 0 Å². The molecule has 4 heteroatoms. The number of benzene rings is 1. The Morgan fingerprint density at radius 1 is 1.33 bits per heavy atom. The van der Waals surface area contributed by atoms with Gasteiger partial charge in [0.1, 0.15) is 0 Å². The summed E-state index contributed by atoms with van der Waals surface area (Å²) in [5.41, 5.74) is 1.55. The Morgan fingerprint density at radius 2 is 2.06 bits per heavy atom. The summed E-state index contributed by atoms with van der Waals surface area (Å²) in [5, 5.41) is 14.5. The lowest BCUT2D eigenvalue weighted by Crippen LogP contribution is -2.24. The van der Waals surface area contributed by atoms with E-state index >= 15 is 0 Å². The Morgan fingerprint density at radius 3 is 2.67 bits per heavy atom. The van der Waals surface area contributed by atoms with E-state index in [-0.39, 0.29) is 12.5 Å². The van der Waals surface area contributed by atoms with Crippen molar-refractivity contribution in [1.82, 2.24) is 5.32 Å². The van der Waals surface area contributed by atoms with Gasteiger partial charge in [-0.2, -0.15) is 0 Å². The highest BCUT2D eigenvalue weighted by Crippen LogP contribution is 2.08. The van der Waals surface area contributed by atoms with Crippen LogP contribution < -0.4 is 10.6 Å². The minimum Gasteiger partial charge on any atom is -0.396 e. The molecule has 0 atom stereocenters. The third kappa shape index (κ3) is 4.89. The van der Waals surface area contributed by atoms with Gasteiger partial charge in [0, 0.05) is 24.4 Å².